The summed E-state index contributed by atoms with van der Waals surface area (Å²) in [7, 11) is -3.69. The number of ether oxygens (including phenoxy) is 3. The Balaban J connectivity index is 1.47. The van der Waals surface area contributed by atoms with E-state index in [1.807, 2.05) is 30.3 Å². The highest BCUT2D eigenvalue weighted by atomic mass is 32.2. The fourth-order valence-corrected chi connectivity index (χ4v) is 4.40. The van der Waals surface area contributed by atoms with Crippen LogP contribution in [-0.2, 0) is 35.1 Å². The molecule has 2 fully saturated rings. The highest BCUT2D eigenvalue weighted by Crippen LogP contribution is 2.47. The molecule has 0 aliphatic carbocycles. The van der Waals surface area contributed by atoms with Crippen molar-refractivity contribution in [2.24, 2.45) is 0 Å². The topological polar surface area (TPSA) is 141 Å². The molecule has 164 valence electrons. The second-order valence-corrected chi connectivity index (χ2v) is 9.26. The van der Waals surface area contributed by atoms with Crippen molar-refractivity contribution < 1.29 is 26.8 Å². The quantitative estimate of drug-likeness (QED) is 0.513. The Labute approximate surface area is 178 Å². The molecule has 2 N–H and O–H groups in total. The SMILES string of the molecule is CS(=O)(=O)OC[C@@]12CO[C@@H]([C@H](n3cnc4c(N)ncnc43)O1)[C@@H]2OCc1ccccc1. The Bertz CT molecular complexity index is 1200. The van der Waals surface area contributed by atoms with Gasteiger partial charge in [-0.25, -0.2) is 15.0 Å². The molecule has 0 radical (unpaired) electrons. The first-order valence-electron chi connectivity index (χ1n) is 9.59. The van der Waals surface area contributed by atoms with Crippen molar-refractivity contribution in [3.05, 3.63) is 48.5 Å². The summed E-state index contributed by atoms with van der Waals surface area (Å²) in [5.74, 6) is 0.250. The van der Waals surface area contributed by atoms with E-state index in [9.17, 15) is 8.42 Å². The van der Waals surface area contributed by atoms with Gasteiger partial charge in [-0.15, -0.1) is 0 Å². The number of nitrogens with zero attached hydrogens (tertiary/aromatic N) is 4. The molecule has 2 saturated heterocycles. The van der Waals surface area contributed by atoms with Crippen molar-refractivity contribution in [2.45, 2.75) is 30.6 Å². The number of rotatable bonds is 7. The van der Waals surface area contributed by atoms with Gasteiger partial charge in [0.2, 0.25) is 0 Å². The van der Waals surface area contributed by atoms with Gasteiger partial charge in [-0.05, 0) is 5.56 Å². The first-order chi connectivity index (χ1) is 14.9. The molecule has 2 aliphatic heterocycles. The smallest absolute Gasteiger partial charge is 0.264 e. The van der Waals surface area contributed by atoms with Gasteiger partial charge in [0.05, 0.1) is 25.8 Å². The van der Waals surface area contributed by atoms with Crippen LogP contribution in [0.5, 0.6) is 0 Å². The normalized spacial score (nSPS) is 27.8. The summed E-state index contributed by atoms with van der Waals surface area (Å²) in [4.78, 5) is 12.5. The highest BCUT2D eigenvalue weighted by Gasteiger charge is 2.63. The molecular formula is C19H21N5O6S. The maximum Gasteiger partial charge on any atom is 0.264 e. The third kappa shape index (κ3) is 3.66. The van der Waals surface area contributed by atoms with E-state index in [-0.39, 0.29) is 19.0 Å². The molecule has 2 aliphatic rings. The summed E-state index contributed by atoms with van der Waals surface area (Å²) in [5, 5.41) is 0. The summed E-state index contributed by atoms with van der Waals surface area (Å²) in [5.41, 5.74) is 6.68. The number of hydrogen-bond donors (Lipinski definition) is 1. The molecule has 12 heteroatoms. The minimum atomic E-state index is -3.69. The van der Waals surface area contributed by atoms with E-state index < -0.39 is 34.2 Å². The van der Waals surface area contributed by atoms with Crippen LogP contribution < -0.4 is 5.73 Å². The van der Waals surface area contributed by atoms with Crippen LogP contribution >= 0.6 is 0 Å². The number of benzene rings is 1. The van der Waals surface area contributed by atoms with Gasteiger partial charge in [-0.1, -0.05) is 30.3 Å². The molecule has 1 aromatic carbocycles. The molecular weight excluding hydrogens is 426 g/mol. The van der Waals surface area contributed by atoms with Crippen LogP contribution in [0.3, 0.4) is 0 Å². The van der Waals surface area contributed by atoms with Gasteiger partial charge < -0.3 is 19.9 Å². The molecule has 4 atom stereocenters. The maximum atomic E-state index is 11.7. The number of fused-ring (bicyclic) bond motifs is 3. The molecule has 2 bridgehead atoms. The Hall–Kier alpha value is -2.64. The zero-order valence-corrected chi connectivity index (χ0v) is 17.4. The van der Waals surface area contributed by atoms with Crippen LogP contribution in [0.25, 0.3) is 11.2 Å². The number of anilines is 1. The van der Waals surface area contributed by atoms with Crippen molar-refractivity contribution in [1.29, 1.82) is 0 Å². The molecule has 11 nitrogen and oxygen atoms in total. The molecule has 0 spiro atoms. The first kappa shape index (κ1) is 20.3. The fourth-order valence-electron chi connectivity index (χ4n) is 3.99. The summed E-state index contributed by atoms with van der Waals surface area (Å²) in [6, 6.07) is 9.64. The van der Waals surface area contributed by atoms with Crippen molar-refractivity contribution in [2.75, 3.05) is 25.2 Å². The highest BCUT2D eigenvalue weighted by molar-refractivity contribution is 7.85. The van der Waals surface area contributed by atoms with E-state index in [4.69, 9.17) is 24.1 Å². The molecule has 0 amide bonds. The number of nitrogens with two attached hydrogens (primary N) is 1. The number of aromatic nitrogens is 4. The van der Waals surface area contributed by atoms with Crippen LogP contribution in [-0.4, -0.2) is 65.2 Å². The lowest BCUT2D eigenvalue weighted by Gasteiger charge is -2.31. The van der Waals surface area contributed by atoms with Crippen molar-refractivity contribution >= 4 is 27.1 Å². The molecule has 31 heavy (non-hydrogen) atoms. The van der Waals surface area contributed by atoms with Crippen LogP contribution in [0, 0.1) is 0 Å². The molecule has 0 saturated carbocycles. The van der Waals surface area contributed by atoms with E-state index in [0.717, 1.165) is 11.8 Å². The van der Waals surface area contributed by atoms with Crippen molar-refractivity contribution in [1.82, 2.24) is 19.5 Å². The van der Waals surface area contributed by atoms with Gasteiger partial charge in [0, 0.05) is 0 Å². The second kappa shape index (κ2) is 7.50. The maximum absolute atomic E-state index is 11.7. The summed E-state index contributed by atoms with van der Waals surface area (Å²) in [6.07, 6.45) is 2.12. The van der Waals surface area contributed by atoms with Gasteiger partial charge in [0.15, 0.2) is 17.7 Å². The Kier molecular flexibility index (Phi) is 4.90. The van der Waals surface area contributed by atoms with E-state index in [0.29, 0.717) is 17.8 Å². The monoisotopic (exact) mass is 447 g/mol. The van der Waals surface area contributed by atoms with Crippen molar-refractivity contribution in [3.63, 3.8) is 0 Å². The first-order valence-corrected chi connectivity index (χ1v) is 11.4. The molecule has 5 rings (SSSR count). The Morgan fingerprint density at radius 3 is 2.84 bits per heavy atom. The fraction of sp³-hybridized carbons (Fsp3) is 0.421. The van der Waals surface area contributed by atoms with Crippen LogP contribution in [0.4, 0.5) is 5.82 Å². The van der Waals surface area contributed by atoms with E-state index in [1.165, 1.54) is 6.33 Å². The van der Waals surface area contributed by atoms with Gasteiger partial charge in [0.25, 0.3) is 10.1 Å². The zero-order valence-electron chi connectivity index (χ0n) is 16.6. The second-order valence-electron chi connectivity index (χ2n) is 7.62. The Morgan fingerprint density at radius 1 is 1.26 bits per heavy atom. The third-order valence-corrected chi connectivity index (χ3v) is 5.97. The zero-order chi connectivity index (χ0) is 21.6. The van der Waals surface area contributed by atoms with E-state index in [1.54, 1.807) is 10.9 Å². The lowest BCUT2D eigenvalue weighted by atomic mass is 10.00. The van der Waals surface area contributed by atoms with Gasteiger partial charge in [0.1, 0.15) is 36.3 Å². The average molecular weight is 447 g/mol. The minimum Gasteiger partial charge on any atom is -0.382 e. The predicted molar refractivity (Wildman–Crippen MR) is 108 cm³/mol. The lowest BCUT2D eigenvalue weighted by Crippen LogP contribution is -2.46. The average Bonchev–Trinajstić information content (AvgIpc) is 3.41. The third-order valence-electron chi connectivity index (χ3n) is 5.42. The lowest BCUT2D eigenvalue weighted by molar-refractivity contribution is -0.183. The molecule has 2 aromatic heterocycles. The molecule has 4 heterocycles. The number of hydrogen-bond acceptors (Lipinski definition) is 10. The largest absolute Gasteiger partial charge is 0.382 e. The van der Waals surface area contributed by atoms with Gasteiger partial charge >= 0.3 is 0 Å². The van der Waals surface area contributed by atoms with Crippen molar-refractivity contribution in [3.8, 4) is 0 Å². The van der Waals surface area contributed by atoms with Crippen LogP contribution in [0.1, 0.15) is 11.8 Å². The molecule has 0 unspecified atom stereocenters. The summed E-state index contributed by atoms with van der Waals surface area (Å²) >= 11 is 0. The van der Waals surface area contributed by atoms with E-state index >= 15 is 0 Å². The van der Waals surface area contributed by atoms with Gasteiger partial charge in [-0.3, -0.25) is 8.75 Å². The number of imidazole rings is 1. The summed E-state index contributed by atoms with van der Waals surface area (Å²) < 4.78 is 48.6. The summed E-state index contributed by atoms with van der Waals surface area (Å²) in [6.45, 7) is 0.205. The van der Waals surface area contributed by atoms with Crippen LogP contribution in [0.15, 0.2) is 43.0 Å². The standard InChI is InChI=1S/C19H21N5O6S/c1-31(25,26)29-9-19-8-28-14(15(19)27-7-12-5-3-2-4-6-12)18(30-19)24-11-23-13-16(20)21-10-22-17(13)24/h2-6,10-11,14-15,18H,7-9H2,1H3,(H2,20,21,22)/t14-,15+,18-,19-/m1/s1. The predicted octanol–water partition coefficient (Wildman–Crippen LogP) is 0.637. The van der Waals surface area contributed by atoms with E-state index in [2.05, 4.69) is 15.0 Å². The number of nitrogen functional groups attached to an aromatic ring is 1. The Morgan fingerprint density at radius 2 is 2.06 bits per heavy atom. The molecule has 3 aromatic rings. The van der Waals surface area contributed by atoms with Crippen LogP contribution in [0.2, 0.25) is 0 Å². The minimum absolute atomic E-state index is 0.132. The van der Waals surface area contributed by atoms with Gasteiger partial charge in [-0.2, -0.15) is 8.42 Å².